The number of Topliss-reactive ketones (excluding diaryl/α,β-unsaturated/α-hetero) is 1. The van der Waals surface area contributed by atoms with E-state index in [0.29, 0.717) is 16.3 Å². The lowest BCUT2D eigenvalue weighted by atomic mass is 10.0. The van der Waals surface area contributed by atoms with Gasteiger partial charge >= 0.3 is 5.97 Å². The quantitative estimate of drug-likeness (QED) is 0.225. The first-order valence-electron chi connectivity index (χ1n) is 10.7. The molecule has 3 rings (SSSR count). The van der Waals surface area contributed by atoms with Crippen molar-refractivity contribution in [2.24, 2.45) is 5.84 Å². The fraction of sp³-hybridized carbons (Fsp3) is 0.160. The number of aliphatic carboxylic acids is 1. The average Bonchev–Trinajstić information content (AvgIpc) is 2.86. The summed E-state index contributed by atoms with van der Waals surface area (Å²) < 4.78 is 0. The predicted octanol–water partition coefficient (Wildman–Crippen LogP) is 2.69. The minimum atomic E-state index is -1.63. The van der Waals surface area contributed by atoms with E-state index in [-0.39, 0.29) is 28.3 Å². The number of nitrogens with zero attached hydrogens (tertiary/aromatic N) is 3. The lowest BCUT2D eigenvalue weighted by Crippen LogP contribution is -2.50. The number of hydrogen-bond donors (Lipinski definition) is 3. The van der Waals surface area contributed by atoms with Gasteiger partial charge in [0.1, 0.15) is 11.5 Å². The van der Waals surface area contributed by atoms with Crippen LogP contribution in [0.5, 0.6) is 5.75 Å². The van der Waals surface area contributed by atoms with Gasteiger partial charge in [0.05, 0.1) is 10.6 Å². The van der Waals surface area contributed by atoms with Crippen LogP contribution in [0.25, 0.3) is 0 Å². The van der Waals surface area contributed by atoms with E-state index in [1.165, 1.54) is 48.5 Å². The molecule has 2 amide bonds. The monoisotopic (exact) mass is 510 g/mol. The Morgan fingerprint density at radius 2 is 1.81 bits per heavy atom. The molecule has 4 N–H and O–H groups in total. The zero-order chi connectivity index (χ0) is 26.4. The number of aromatic hydroxyl groups is 1. The second kappa shape index (κ2) is 11.4. The van der Waals surface area contributed by atoms with Gasteiger partial charge in [-0.3, -0.25) is 24.4 Å². The number of anilines is 1. The van der Waals surface area contributed by atoms with E-state index in [0.717, 1.165) is 0 Å². The highest BCUT2D eigenvalue weighted by Gasteiger charge is 2.31. The molecule has 0 radical (unpaired) electrons. The van der Waals surface area contributed by atoms with Crippen LogP contribution in [-0.2, 0) is 16.0 Å². The Bertz CT molecular complexity index is 1300. The van der Waals surface area contributed by atoms with E-state index >= 15 is 0 Å². The Morgan fingerprint density at radius 1 is 1.06 bits per heavy atom. The third kappa shape index (κ3) is 6.23. The normalized spacial score (nSPS) is 11.4. The number of carbonyl (C=O) groups is 4. The number of pyridine rings is 1. The highest BCUT2D eigenvalue weighted by atomic mass is 35.5. The molecule has 1 aromatic heterocycles. The number of phenolic OH excluding ortho intramolecular Hbond substituents is 1. The Hall–Kier alpha value is -4.28. The maximum absolute atomic E-state index is 12.9. The summed E-state index contributed by atoms with van der Waals surface area (Å²) in [5.74, 6) is 2.52. The molecule has 1 heterocycles. The average molecular weight is 511 g/mol. The molecule has 1 atom stereocenters. The van der Waals surface area contributed by atoms with Crippen molar-refractivity contribution >= 4 is 40.9 Å². The van der Waals surface area contributed by atoms with Crippen molar-refractivity contribution in [1.29, 1.82) is 0 Å². The zero-order valence-electron chi connectivity index (χ0n) is 19.2. The molecule has 36 heavy (non-hydrogen) atoms. The van der Waals surface area contributed by atoms with Gasteiger partial charge < -0.3 is 15.1 Å². The van der Waals surface area contributed by atoms with Gasteiger partial charge in [-0.15, -0.1) is 0 Å². The molecule has 0 aliphatic rings. The minimum absolute atomic E-state index is 0.0129. The highest BCUT2D eigenvalue weighted by Crippen LogP contribution is 2.24. The molecule has 0 saturated carbocycles. The predicted molar refractivity (Wildman–Crippen MR) is 132 cm³/mol. The molecular formula is C25H23ClN4O6. The minimum Gasteiger partial charge on any atom is -0.508 e. The van der Waals surface area contributed by atoms with Gasteiger partial charge in [0.15, 0.2) is 6.04 Å². The van der Waals surface area contributed by atoms with Gasteiger partial charge in [-0.05, 0) is 42.0 Å². The van der Waals surface area contributed by atoms with Crippen LogP contribution in [0.1, 0.15) is 32.7 Å². The van der Waals surface area contributed by atoms with E-state index in [9.17, 15) is 29.4 Å². The molecule has 10 nitrogen and oxygen atoms in total. The lowest BCUT2D eigenvalue weighted by Gasteiger charge is -2.24. The number of carboxylic acids is 1. The summed E-state index contributed by atoms with van der Waals surface area (Å²) in [5, 5.41) is 19.6. The summed E-state index contributed by atoms with van der Waals surface area (Å²) in [4.78, 5) is 55.2. The van der Waals surface area contributed by atoms with Crippen molar-refractivity contribution in [2.75, 3.05) is 11.9 Å². The summed E-state index contributed by atoms with van der Waals surface area (Å²) >= 11 is 6.25. The first kappa shape index (κ1) is 26.3. The Kier molecular flexibility index (Phi) is 8.36. The summed E-state index contributed by atoms with van der Waals surface area (Å²) in [6.45, 7) is 0. The molecule has 0 aliphatic carbocycles. The van der Waals surface area contributed by atoms with Crippen LogP contribution in [0, 0.1) is 0 Å². The van der Waals surface area contributed by atoms with Gasteiger partial charge in [0.2, 0.25) is 0 Å². The number of rotatable bonds is 9. The van der Waals surface area contributed by atoms with Crippen LogP contribution < -0.4 is 10.7 Å². The number of aromatic nitrogens is 1. The van der Waals surface area contributed by atoms with Crippen LogP contribution in [0.15, 0.2) is 67.0 Å². The van der Waals surface area contributed by atoms with Crippen LogP contribution in [-0.4, -0.2) is 56.9 Å². The molecular weight excluding hydrogens is 488 g/mol. The van der Waals surface area contributed by atoms with E-state index in [2.05, 4.69) is 4.98 Å². The van der Waals surface area contributed by atoms with Crippen molar-refractivity contribution in [3.05, 3.63) is 88.7 Å². The van der Waals surface area contributed by atoms with Crippen molar-refractivity contribution in [3.63, 3.8) is 0 Å². The van der Waals surface area contributed by atoms with Crippen molar-refractivity contribution in [1.82, 2.24) is 9.99 Å². The third-order valence-corrected chi connectivity index (χ3v) is 5.68. The van der Waals surface area contributed by atoms with Crippen molar-refractivity contribution in [2.45, 2.75) is 18.9 Å². The van der Waals surface area contributed by atoms with Crippen LogP contribution in [0.4, 0.5) is 5.69 Å². The molecule has 0 spiro atoms. The molecule has 186 valence electrons. The maximum Gasteiger partial charge on any atom is 0.328 e. The maximum atomic E-state index is 12.9. The number of carbonyl (C=O) groups excluding carboxylic acids is 3. The molecule has 0 unspecified atom stereocenters. The van der Waals surface area contributed by atoms with Gasteiger partial charge in [-0.25, -0.2) is 10.6 Å². The topological polar surface area (TPSA) is 154 Å². The number of halogens is 1. The van der Waals surface area contributed by atoms with Gasteiger partial charge in [0.25, 0.3) is 11.8 Å². The fourth-order valence-corrected chi connectivity index (χ4v) is 3.70. The SMILES string of the molecule is CN(C(=O)c1ccc(C(=O)N(N)[C@@H](CC(=O)Cc2cccnc2)C(=O)O)c(Cl)c1)c1cccc(O)c1. The number of amides is 2. The second-order valence-corrected chi connectivity index (χ2v) is 8.33. The summed E-state index contributed by atoms with van der Waals surface area (Å²) in [5.41, 5.74) is 1.04. The zero-order valence-corrected chi connectivity index (χ0v) is 19.9. The smallest absolute Gasteiger partial charge is 0.328 e. The number of benzene rings is 2. The van der Waals surface area contributed by atoms with Gasteiger partial charge in [0, 0.05) is 49.6 Å². The Labute approximate surface area is 211 Å². The highest BCUT2D eigenvalue weighted by molar-refractivity contribution is 6.34. The van der Waals surface area contributed by atoms with Gasteiger partial charge in [-0.2, -0.15) is 0 Å². The number of nitrogens with two attached hydrogens (primary N) is 1. The molecule has 11 heteroatoms. The fourth-order valence-electron chi connectivity index (χ4n) is 3.44. The largest absolute Gasteiger partial charge is 0.508 e. The lowest BCUT2D eigenvalue weighted by molar-refractivity contribution is -0.144. The van der Waals surface area contributed by atoms with E-state index in [1.54, 1.807) is 30.5 Å². The summed E-state index contributed by atoms with van der Waals surface area (Å²) in [7, 11) is 1.51. The van der Waals surface area contributed by atoms with Gasteiger partial charge in [-0.1, -0.05) is 23.7 Å². The molecule has 0 fully saturated rings. The number of ketones is 1. The molecule has 0 bridgehead atoms. The summed E-state index contributed by atoms with van der Waals surface area (Å²) in [6.07, 6.45) is 2.44. The van der Waals surface area contributed by atoms with Crippen LogP contribution in [0.3, 0.4) is 0 Å². The third-order valence-electron chi connectivity index (χ3n) is 5.37. The first-order valence-corrected chi connectivity index (χ1v) is 11.0. The van der Waals surface area contributed by atoms with E-state index in [4.69, 9.17) is 17.4 Å². The van der Waals surface area contributed by atoms with E-state index < -0.39 is 36.0 Å². The number of carboxylic acid groups (broad SMARTS) is 1. The summed E-state index contributed by atoms with van der Waals surface area (Å²) in [6, 6.07) is 11.6. The molecule has 0 aliphatic heterocycles. The van der Waals surface area contributed by atoms with Crippen molar-refractivity contribution < 1.29 is 29.4 Å². The Balaban J connectivity index is 1.75. The van der Waals surface area contributed by atoms with Crippen LogP contribution >= 0.6 is 11.6 Å². The molecule has 2 aromatic carbocycles. The molecule has 3 aromatic rings. The number of phenols is 1. The standard InChI is InChI=1S/C25H23ClN4O6/c1-29(17-5-2-6-18(31)12-17)23(33)16-7-8-20(21(26)11-16)24(34)30(27)22(25(35)36)13-19(32)10-15-4-3-9-28-14-15/h2-9,11-12,14,22,31H,10,13,27H2,1H3,(H,35,36)/t22-/m0/s1. The van der Waals surface area contributed by atoms with Crippen LogP contribution in [0.2, 0.25) is 5.02 Å². The van der Waals surface area contributed by atoms with E-state index in [1.807, 2.05) is 0 Å². The number of hydrazine groups is 1. The molecule has 0 saturated heterocycles. The second-order valence-electron chi connectivity index (χ2n) is 7.93. The van der Waals surface area contributed by atoms with Crippen molar-refractivity contribution in [3.8, 4) is 5.75 Å². The first-order chi connectivity index (χ1) is 17.1. The Morgan fingerprint density at radius 3 is 2.42 bits per heavy atom. The number of hydrogen-bond acceptors (Lipinski definition) is 7.